The number of benzene rings is 4. The number of aliphatic hydroxyl groups is 1. The molecule has 0 spiro atoms. The molecule has 4 aromatic rings. The van der Waals surface area contributed by atoms with Gasteiger partial charge in [0.2, 0.25) is 0 Å². The number of fused-ring (bicyclic) bond motifs is 1. The summed E-state index contributed by atoms with van der Waals surface area (Å²) < 4.78 is 5.41. The van der Waals surface area contributed by atoms with E-state index < -0.39 is 5.60 Å². The minimum atomic E-state index is -1.12. The third kappa shape index (κ3) is 3.57. The highest BCUT2D eigenvalue weighted by atomic mass is 16.5. The number of rotatable bonds is 4. The van der Waals surface area contributed by atoms with Gasteiger partial charge in [-0.1, -0.05) is 54.6 Å². The SMILES string of the molecule is COc1ccc2c(O)cc(C(C)(C)O)c(-c3ccc(-c4ccccc4)cc3)c2c1. The predicted molar refractivity (Wildman–Crippen MR) is 118 cm³/mol. The van der Waals surface area contributed by atoms with Crippen LogP contribution in [0.4, 0.5) is 0 Å². The van der Waals surface area contributed by atoms with Gasteiger partial charge in [-0.2, -0.15) is 0 Å². The molecule has 0 aliphatic heterocycles. The van der Waals surface area contributed by atoms with E-state index in [0.717, 1.165) is 33.0 Å². The molecule has 0 heterocycles. The summed E-state index contributed by atoms with van der Waals surface area (Å²) >= 11 is 0. The fourth-order valence-corrected chi connectivity index (χ4v) is 3.77. The molecule has 0 aliphatic carbocycles. The van der Waals surface area contributed by atoms with Crippen LogP contribution in [0.2, 0.25) is 0 Å². The Kier molecular flexibility index (Phi) is 4.77. The molecule has 0 atom stereocenters. The molecule has 4 aromatic carbocycles. The standard InChI is InChI=1S/C26H24O3/c1-26(2,28)23-16-24(27)21-14-13-20(29-3)15-22(21)25(23)19-11-9-18(10-12-19)17-7-5-4-6-8-17/h4-16,27-28H,1-3H3. The van der Waals surface area contributed by atoms with Crippen molar-refractivity contribution in [2.24, 2.45) is 0 Å². The van der Waals surface area contributed by atoms with Crippen LogP contribution >= 0.6 is 0 Å². The zero-order valence-electron chi connectivity index (χ0n) is 16.8. The summed E-state index contributed by atoms with van der Waals surface area (Å²) in [5.41, 5.74) is 3.69. The van der Waals surface area contributed by atoms with Crippen molar-refractivity contribution in [3.8, 4) is 33.8 Å². The van der Waals surface area contributed by atoms with Gasteiger partial charge in [-0.3, -0.25) is 0 Å². The third-order valence-electron chi connectivity index (χ3n) is 5.26. The van der Waals surface area contributed by atoms with Crippen LogP contribution in [0, 0.1) is 0 Å². The number of phenols is 1. The van der Waals surface area contributed by atoms with Crippen molar-refractivity contribution < 1.29 is 14.9 Å². The lowest BCUT2D eigenvalue weighted by atomic mass is 9.85. The average Bonchev–Trinajstić information content (AvgIpc) is 2.73. The highest BCUT2D eigenvalue weighted by Gasteiger charge is 2.24. The van der Waals surface area contributed by atoms with Crippen molar-refractivity contribution in [3.63, 3.8) is 0 Å². The number of phenolic OH excluding ortho intramolecular Hbond substituents is 1. The predicted octanol–water partition coefficient (Wildman–Crippen LogP) is 6.12. The van der Waals surface area contributed by atoms with Gasteiger partial charge in [0.1, 0.15) is 11.5 Å². The first-order valence-electron chi connectivity index (χ1n) is 9.61. The monoisotopic (exact) mass is 384 g/mol. The lowest BCUT2D eigenvalue weighted by Crippen LogP contribution is -2.17. The third-order valence-corrected chi connectivity index (χ3v) is 5.26. The van der Waals surface area contributed by atoms with E-state index in [1.807, 2.05) is 36.4 Å². The molecule has 4 rings (SSSR count). The van der Waals surface area contributed by atoms with Crippen LogP contribution < -0.4 is 4.74 Å². The minimum absolute atomic E-state index is 0.143. The molecule has 0 saturated heterocycles. The number of methoxy groups -OCH3 is 1. The molecular weight excluding hydrogens is 360 g/mol. The van der Waals surface area contributed by atoms with Crippen molar-refractivity contribution in [1.82, 2.24) is 0 Å². The van der Waals surface area contributed by atoms with E-state index in [1.165, 1.54) is 0 Å². The van der Waals surface area contributed by atoms with Crippen LogP contribution in [-0.2, 0) is 5.60 Å². The zero-order valence-corrected chi connectivity index (χ0v) is 16.8. The Bertz CT molecular complexity index is 1150. The van der Waals surface area contributed by atoms with Gasteiger partial charge in [0.05, 0.1) is 12.7 Å². The summed E-state index contributed by atoms with van der Waals surface area (Å²) in [5, 5.41) is 23.0. The zero-order chi connectivity index (χ0) is 20.6. The van der Waals surface area contributed by atoms with E-state index in [-0.39, 0.29) is 5.75 Å². The van der Waals surface area contributed by atoms with E-state index in [0.29, 0.717) is 11.3 Å². The normalized spacial score (nSPS) is 11.6. The van der Waals surface area contributed by atoms with Crippen LogP contribution in [0.3, 0.4) is 0 Å². The highest BCUT2D eigenvalue weighted by Crippen LogP contribution is 2.43. The minimum Gasteiger partial charge on any atom is -0.507 e. The second kappa shape index (κ2) is 7.26. The molecule has 0 bridgehead atoms. The van der Waals surface area contributed by atoms with Crippen molar-refractivity contribution in [3.05, 3.63) is 84.4 Å². The van der Waals surface area contributed by atoms with Gasteiger partial charge in [0.25, 0.3) is 0 Å². The smallest absolute Gasteiger partial charge is 0.123 e. The maximum Gasteiger partial charge on any atom is 0.123 e. The van der Waals surface area contributed by atoms with E-state index in [2.05, 4.69) is 36.4 Å². The maximum absolute atomic E-state index is 10.8. The molecule has 0 fully saturated rings. The molecule has 0 saturated carbocycles. The summed E-state index contributed by atoms with van der Waals surface area (Å²) in [7, 11) is 1.62. The van der Waals surface area contributed by atoms with Crippen molar-refractivity contribution in [2.75, 3.05) is 7.11 Å². The van der Waals surface area contributed by atoms with Gasteiger partial charge in [0.15, 0.2) is 0 Å². The number of hydrogen-bond donors (Lipinski definition) is 2. The quantitative estimate of drug-likeness (QED) is 0.446. The summed E-state index contributed by atoms with van der Waals surface area (Å²) in [5.74, 6) is 0.844. The largest absolute Gasteiger partial charge is 0.507 e. The highest BCUT2D eigenvalue weighted by molar-refractivity contribution is 6.02. The molecular formula is C26H24O3. The molecule has 0 unspecified atom stereocenters. The fourth-order valence-electron chi connectivity index (χ4n) is 3.77. The van der Waals surface area contributed by atoms with Gasteiger partial charge in [-0.25, -0.2) is 0 Å². The number of ether oxygens (including phenoxy) is 1. The summed E-state index contributed by atoms with van der Waals surface area (Å²) in [6, 6.07) is 25.7. The summed E-state index contributed by atoms with van der Waals surface area (Å²) in [6.45, 7) is 3.46. The van der Waals surface area contributed by atoms with Crippen molar-refractivity contribution in [2.45, 2.75) is 19.4 Å². The van der Waals surface area contributed by atoms with E-state index in [9.17, 15) is 10.2 Å². The maximum atomic E-state index is 10.8. The summed E-state index contributed by atoms with van der Waals surface area (Å²) in [6.07, 6.45) is 0. The van der Waals surface area contributed by atoms with Gasteiger partial charge in [-0.15, -0.1) is 0 Å². The average molecular weight is 384 g/mol. The van der Waals surface area contributed by atoms with Crippen LogP contribution in [0.15, 0.2) is 78.9 Å². The van der Waals surface area contributed by atoms with E-state index in [4.69, 9.17) is 4.74 Å². The molecule has 3 heteroatoms. The Morgan fingerprint density at radius 2 is 1.34 bits per heavy atom. The molecule has 146 valence electrons. The Labute approximate surface area is 170 Å². The fraction of sp³-hybridized carbons (Fsp3) is 0.154. The Balaban J connectivity index is 1.97. The number of aromatic hydroxyl groups is 1. The molecule has 0 aliphatic rings. The first-order valence-corrected chi connectivity index (χ1v) is 9.61. The molecule has 3 nitrogen and oxygen atoms in total. The topological polar surface area (TPSA) is 49.7 Å². The van der Waals surface area contributed by atoms with Crippen LogP contribution in [0.5, 0.6) is 11.5 Å². The van der Waals surface area contributed by atoms with E-state index in [1.54, 1.807) is 27.0 Å². The molecule has 0 radical (unpaired) electrons. The molecule has 0 aromatic heterocycles. The van der Waals surface area contributed by atoms with Crippen LogP contribution in [0.1, 0.15) is 19.4 Å². The van der Waals surface area contributed by atoms with Crippen molar-refractivity contribution >= 4 is 10.8 Å². The van der Waals surface area contributed by atoms with Gasteiger partial charge >= 0.3 is 0 Å². The van der Waals surface area contributed by atoms with Gasteiger partial charge in [-0.05, 0) is 71.3 Å². The lowest BCUT2D eigenvalue weighted by Gasteiger charge is -2.24. The second-order valence-corrected chi connectivity index (χ2v) is 7.73. The molecule has 0 amide bonds. The molecule has 2 N–H and O–H groups in total. The Morgan fingerprint density at radius 1 is 0.724 bits per heavy atom. The van der Waals surface area contributed by atoms with E-state index >= 15 is 0 Å². The van der Waals surface area contributed by atoms with Crippen LogP contribution in [0.25, 0.3) is 33.0 Å². The second-order valence-electron chi connectivity index (χ2n) is 7.73. The first-order chi connectivity index (χ1) is 13.9. The summed E-state index contributed by atoms with van der Waals surface area (Å²) in [4.78, 5) is 0. The van der Waals surface area contributed by atoms with Crippen molar-refractivity contribution in [1.29, 1.82) is 0 Å². The van der Waals surface area contributed by atoms with Crippen LogP contribution in [-0.4, -0.2) is 17.3 Å². The Morgan fingerprint density at radius 3 is 1.97 bits per heavy atom. The lowest BCUT2D eigenvalue weighted by molar-refractivity contribution is 0.0791. The van der Waals surface area contributed by atoms with Gasteiger partial charge in [0, 0.05) is 5.39 Å². The first kappa shape index (κ1) is 19.0. The molecule has 29 heavy (non-hydrogen) atoms. The number of hydrogen-bond acceptors (Lipinski definition) is 3. The van der Waals surface area contributed by atoms with Gasteiger partial charge < -0.3 is 14.9 Å². The Hall–Kier alpha value is -3.30.